The summed E-state index contributed by atoms with van der Waals surface area (Å²) in [5.41, 5.74) is 0.694. The van der Waals surface area contributed by atoms with Crippen molar-refractivity contribution < 1.29 is 17.8 Å². The minimum Gasteiger partial charge on any atom is -0.320 e. The molecule has 0 radical (unpaired) electrons. The largest absolute Gasteiger partial charge is 0.320 e. The maximum Gasteiger partial charge on any atom is 0.264 e. The Labute approximate surface area is 121 Å². The summed E-state index contributed by atoms with van der Waals surface area (Å²) in [7, 11) is -3.98. The minimum atomic E-state index is -3.98. The normalized spacial score (nSPS) is 18.1. The molecule has 8 heteroatoms. The molecule has 0 saturated carbocycles. The highest BCUT2D eigenvalue weighted by Crippen LogP contribution is 2.35. The van der Waals surface area contributed by atoms with E-state index in [4.69, 9.17) is 9.96 Å². The molecule has 0 saturated heterocycles. The summed E-state index contributed by atoms with van der Waals surface area (Å²) < 4.78 is 31.9. The average Bonchev–Trinajstić information content (AvgIpc) is 2.54. The molecule has 2 N–H and O–H groups in total. The van der Waals surface area contributed by atoms with Crippen molar-refractivity contribution in [2.45, 2.75) is 39.7 Å². The van der Waals surface area contributed by atoms with Crippen LogP contribution in [-0.4, -0.2) is 29.1 Å². The van der Waals surface area contributed by atoms with Crippen LogP contribution in [0.5, 0.6) is 0 Å². The van der Waals surface area contributed by atoms with E-state index in [1.54, 1.807) is 4.57 Å². The van der Waals surface area contributed by atoms with Gasteiger partial charge < -0.3 is 4.57 Å². The number of ketones is 1. The molecule has 0 bridgehead atoms. The quantitative estimate of drug-likeness (QED) is 0.821. The zero-order chi connectivity index (χ0) is 15.1. The smallest absolute Gasteiger partial charge is 0.264 e. The van der Waals surface area contributed by atoms with E-state index in [2.05, 4.69) is 0 Å². The van der Waals surface area contributed by atoms with Gasteiger partial charge in [-0.25, -0.2) is 0 Å². The van der Waals surface area contributed by atoms with Crippen molar-refractivity contribution in [1.82, 2.24) is 4.57 Å². The first-order valence-electron chi connectivity index (χ1n) is 6.34. The summed E-state index contributed by atoms with van der Waals surface area (Å²) >= 11 is 1.15. The van der Waals surface area contributed by atoms with Crippen molar-refractivity contribution in [2.75, 3.05) is 5.75 Å². The predicted molar refractivity (Wildman–Crippen MR) is 75.6 cm³/mol. The van der Waals surface area contributed by atoms with Crippen LogP contribution in [-0.2, 0) is 23.1 Å². The molecule has 0 spiro atoms. The van der Waals surface area contributed by atoms with Crippen molar-refractivity contribution in [3.8, 4) is 0 Å². The van der Waals surface area contributed by atoms with Crippen molar-refractivity contribution in [3.63, 3.8) is 0 Å². The minimum absolute atomic E-state index is 0.0586. The lowest BCUT2D eigenvalue weighted by molar-refractivity contribution is 0.0914. The maximum absolute atomic E-state index is 12.1. The molecule has 0 aliphatic heterocycles. The van der Waals surface area contributed by atoms with E-state index in [1.807, 2.05) is 13.8 Å². The number of carbonyl (C=O) groups excluding carboxylic acids is 1. The van der Waals surface area contributed by atoms with Gasteiger partial charge in [-0.05, 0) is 18.3 Å². The Morgan fingerprint density at radius 1 is 1.40 bits per heavy atom. The summed E-state index contributed by atoms with van der Waals surface area (Å²) in [5, 5.41) is 7.94. The van der Waals surface area contributed by atoms with Gasteiger partial charge in [-0.1, -0.05) is 25.2 Å². The van der Waals surface area contributed by atoms with Gasteiger partial charge in [0.2, 0.25) is 0 Å². The molecular formula is C12H18N2O4S2. The van der Waals surface area contributed by atoms with E-state index in [0.29, 0.717) is 24.3 Å². The number of fused-ring (bicyclic) bond motifs is 1. The third-order valence-electron chi connectivity index (χ3n) is 3.35. The molecule has 1 aliphatic carbocycles. The van der Waals surface area contributed by atoms with Crippen LogP contribution in [0.1, 0.15) is 42.1 Å². The van der Waals surface area contributed by atoms with Gasteiger partial charge in [-0.3, -0.25) is 14.8 Å². The van der Waals surface area contributed by atoms with Gasteiger partial charge in [-0.15, -0.1) is 0 Å². The van der Waals surface area contributed by atoms with Crippen molar-refractivity contribution >= 4 is 27.2 Å². The molecule has 0 atom stereocenters. The van der Waals surface area contributed by atoms with Crippen LogP contribution < -0.4 is 4.80 Å². The van der Waals surface area contributed by atoms with Gasteiger partial charge in [0.1, 0.15) is 0 Å². The molecule has 0 fully saturated rings. The molecule has 112 valence electrons. The number of thiazole rings is 1. The Balaban J connectivity index is 2.28. The number of nitrogens with zero attached hydrogens (tertiary/aromatic N) is 1. The number of carbonyl (C=O) groups is 1. The first-order valence-corrected chi connectivity index (χ1v) is 8.77. The van der Waals surface area contributed by atoms with Crippen molar-refractivity contribution in [3.05, 3.63) is 15.4 Å². The van der Waals surface area contributed by atoms with Gasteiger partial charge in [0.15, 0.2) is 10.6 Å². The van der Waals surface area contributed by atoms with Crippen LogP contribution in [0, 0.1) is 10.8 Å². The lowest BCUT2D eigenvalue weighted by Gasteiger charge is -2.29. The van der Waals surface area contributed by atoms with E-state index in [9.17, 15) is 13.2 Å². The van der Waals surface area contributed by atoms with Crippen LogP contribution in [0.2, 0.25) is 0 Å². The predicted octanol–water partition coefficient (Wildman–Crippen LogP) is 1.46. The third-order valence-corrected chi connectivity index (χ3v) is 5.24. The van der Waals surface area contributed by atoms with Gasteiger partial charge in [0.25, 0.3) is 10.1 Å². The molecule has 20 heavy (non-hydrogen) atoms. The van der Waals surface area contributed by atoms with Crippen LogP contribution >= 0.6 is 11.3 Å². The molecule has 1 aromatic heterocycles. The second-order valence-electron chi connectivity index (χ2n) is 5.92. The highest BCUT2D eigenvalue weighted by atomic mass is 32.2. The first kappa shape index (κ1) is 15.4. The van der Waals surface area contributed by atoms with Crippen LogP contribution in [0.15, 0.2) is 0 Å². The molecule has 1 aliphatic rings. The monoisotopic (exact) mass is 318 g/mol. The summed E-state index contributed by atoms with van der Waals surface area (Å²) in [4.78, 5) is 13.0. The third kappa shape index (κ3) is 3.36. The van der Waals surface area contributed by atoms with E-state index in [1.165, 1.54) is 0 Å². The lowest BCUT2D eigenvalue weighted by Crippen LogP contribution is -2.29. The number of rotatable bonds is 4. The van der Waals surface area contributed by atoms with E-state index in [-0.39, 0.29) is 28.2 Å². The van der Waals surface area contributed by atoms with E-state index in [0.717, 1.165) is 17.0 Å². The Kier molecular flexibility index (Phi) is 3.92. The number of aromatic nitrogens is 1. The Hall–Kier alpha value is -0.990. The highest BCUT2D eigenvalue weighted by molar-refractivity contribution is 7.85. The maximum atomic E-state index is 12.1. The van der Waals surface area contributed by atoms with Gasteiger partial charge in [-0.2, -0.15) is 8.42 Å². The molecule has 0 unspecified atom stereocenters. The number of Topliss-reactive ketones (excluding diaryl/α,β-unsaturated/α-hetero) is 1. The fourth-order valence-electron chi connectivity index (χ4n) is 2.52. The summed E-state index contributed by atoms with van der Waals surface area (Å²) in [5.74, 6) is -0.273. The highest BCUT2D eigenvalue weighted by Gasteiger charge is 2.34. The second kappa shape index (κ2) is 5.09. The number of nitrogens with one attached hydrogen (secondary N) is 1. The zero-order valence-electron chi connectivity index (χ0n) is 11.5. The van der Waals surface area contributed by atoms with Crippen LogP contribution in [0.25, 0.3) is 0 Å². The second-order valence-corrected chi connectivity index (χ2v) is 8.49. The fraction of sp³-hybridized carbons (Fsp3) is 0.667. The molecule has 1 aromatic rings. The molecular weight excluding hydrogens is 300 g/mol. The topological polar surface area (TPSA) is 100 Å². The molecule has 0 amide bonds. The SMILES string of the molecule is CC1(C)CC(=O)c2sc(=N)n(CCCS(=O)(=O)O)c2C1. The Morgan fingerprint density at radius 3 is 2.65 bits per heavy atom. The summed E-state index contributed by atoms with van der Waals surface area (Å²) in [6.45, 7) is 4.35. The van der Waals surface area contributed by atoms with Gasteiger partial charge in [0, 0.05) is 18.7 Å². The van der Waals surface area contributed by atoms with Crippen LogP contribution in [0.4, 0.5) is 0 Å². The lowest BCUT2D eigenvalue weighted by atomic mass is 9.78. The zero-order valence-corrected chi connectivity index (χ0v) is 13.1. The number of hydrogen-bond acceptors (Lipinski definition) is 5. The van der Waals surface area contributed by atoms with Gasteiger partial charge in [0.05, 0.1) is 10.6 Å². The average molecular weight is 318 g/mol. The van der Waals surface area contributed by atoms with E-state index < -0.39 is 10.1 Å². The first-order chi connectivity index (χ1) is 9.09. The summed E-state index contributed by atoms with van der Waals surface area (Å²) in [6, 6.07) is 0. The molecule has 6 nitrogen and oxygen atoms in total. The van der Waals surface area contributed by atoms with E-state index >= 15 is 0 Å². The number of hydrogen-bond donors (Lipinski definition) is 2. The standard InChI is InChI=1S/C12H18N2O4S2/c1-12(2)6-8-10(9(15)7-12)19-11(13)14(8)4-3-5-20(16,17)18/h13H,3-7H2,1-2H3,(H,16,17,18). The molecule has 0 aromatic carbocycles. The Bertz CT molecular complexity index is 698. The molecule has 2 rings (SSSR count). The fourth-order valence-corrected chi connectivity index (χ4v) is 4.01. The molecule has 1 heterocycles. The van der Waals surface area contributed by atoms with Gasteiger partial charge >= 0.3 is 0 Å². The Morgan fingerprint density at radius 2 is 2.05 bits per heavy atom. The van der Waals surface area contributed by atoms with Crippen molar-refractivity contribution in [1.29, 1.82) is 5.41 Å². The van der Waals surface area contributed by atoms with Crippen LogP contribution in [0.3, 0.4) is 0 Å². The van der Waals surface area contributed by atoms with Crippen molar-refractivity contribution in [2.24, 2.45) is 5.41 Å². The summed E-state index contributed by atoms with van der Waals surface area (Å²) in [6.07, 6.45) is 1.41.